The van der Waals surface area contributed by atoms with Crippen LogP contribution >= 0.6 is 0 Å². The monoisotopic (exact) mass is 408 g/mol. The van der Waals surface area contributed by atoms with Crippen molar-refractivity contribution < 1.29 is 9.53 Å². The van der Waals surface area contributed by atoms with Crippen LogP contribution in [0.4, 0.5) is 34.5 Å². The second kappa shape index (κ2) is 7.14. The molecule has 0 saturated carbocycles. The minimum absolute atomic E-state index is 0.0425. The van der Waals surface area contributed by atoms with Crippen LogP contribution in [0.2, 0.25) is 0 Å². The normalized spacial score (nSPS) is 13.2. The summed E-state index contributed by atoms with van der Waals surface area (Å²) in [7, 11) is 0. The van der Waals surface area contributed by atoms with Gasteiger partial charge in [0.2, 0.25) is 5.95 Å². The molecular weight excluding hydrogens is 388 g/mol. The van der Waals surface area contributed by atoms with Crippen LogP contribution in [-0.4, -0.2) is 28.0 Å². The van der Waals surface area contributed by atoms with Crippen LogP contribution in [0.5, 0.6) is 5.75 Å². The number of hydrogen-bond acceptors (Lipinski definition) is 9. The molecule has 2 heterocycles. The molecule has 0 radical (unpaired) electrons. The van der Waals surface area contributed by atoms with E-state index in [9.17, 15) is 14.4 Å². The number of ether oxygens (including phenoxy) is 1. The number of rotatable bonds is 5. The van der Waals surface area contributed by atoms with Gasteiger partial charge in [-0.25, -0.2) is 4.98 Å². The zero-order valence-corrected chi connectivity index (χ0v) is 16.6. The zero-order chi connectivity index (χ0) is 21.5. The zero-order valence-electron chi connectivity index (χ0n) is 16.6. The summed E-state index contributed by atoms with van der Waals surface area (Å²) in [6.07, 6.45) is 1.52. The highest BCUT2D eigenvalue weighted by atomic mass is 16.5. The molecule has 1 amide bonds. The first-order chi connectivity index (χ1) is 14.2. The molecule has 4 rings (SSSR count). The van der Waals surface area contributed by atoms with Gasteiger partial charge < -0.3 is 26.0 Å². The summed E-state index contributed by atoms with van der Waals surface area (Å²) in [6, 6.07) is 6.78. The molecule has 0 aliphatic carbocycles. The summed E-state index contributed by atoms with van der Waals surface area (Å²) in [5.41, 5.74) is 0.153. The average molecular weight is 408 g/mol. The van der Waals surface area contributed by atoms with Gasteiger partial charge in [0.1, 0.15) is 22.9 Å². The molecular formula is C20H20N6O4. The molecule has 1 aliphatic rings. The number of amides is 1. The number of hydrogen-bond donors (Lipinski definition) is 4. The summed E-state index contributed by atoms with van der Waals surface area (Å²) in [5.74, 6) is 0.973. The van der Waals surface area contributed by atoms with Gasteiger partial charge >= 0.3 is 0 Å². The van der Waals surface area contributed by atoms with Crippen molar-refractivity contribution in [3.63, 3.8) is 0 Å². The minimum atomic E-state index is -0.594. The Balaban J connectivity index is 1.52. The third kappa shape index (κ3) is 3.93. The highest BCUT2D eigenvalue weighted by molar-refractivity contribution is 5.95. The number of nitrogens with one attached hydrogen (secondary N) is 4. The van der Waals surface area contributed by atoms with E-state index in [4.69, 9.17) is 4.74 Å². The predicted molar refractivity (Wildman–Crippen MR) is 114 cm³/mol. The maximum atomic E-state index is 12.0. The molecule has 4 N–H and O–H groups in total. The van der Waals surface area contributed by atoms with E-state index < -0.39 is 10.9 Å². The molecule has 3 aromatic rings. The van der Waals surface area contributed by atoms with Gasteiger partial charge in [-0.2, -0.15) is 4.98 Å². The number of fused-ring (bicyclic) bond motifs is 1. The van der Waals surface area contributed by atoms with E-state index in [2.05, 4.69) is 31.2 Å². The van der Waals surface area contributed by atoms with Crippen molar-refractivity contribution in [3.05, 3.63) is 50.9 Å². The van der Waals surface area contributed by atoms with Crippen LogP contribution in [0.15, 0.2) is 40.1 Å². The summed E-state index contributed by atoms with van der Waals surface area (Å²) >= 11 is 0. The molecule has 1 aromatic heterocycles. The van der Waals surface area contributed by atoms with Gasteiger partial charge in [0.15, 0.2) is 6.61 Å². The Morgan fingerprint density at radius 2 is 1.80 bits per heavy atom. The fourth-order valence-electron chi connectivity index (χ4n) is 2.90. The molecule has 10 heteroatoms. The van der Waals surface area contributed by atoms with Crippen molar-refractivity contribution in [1.29, 1.82) is 0 Å². The largest absolute Gasteiger partial charge is 0.482 e. The van der Waals surface area contributed by atoms with E-state index in [0.29, 0.717) is 22.9 Å². The summed E-state index contributed by atoms with van der Waals surface area (Å²) < 4.78 is 5.40. The van der Waals surface area contributed by atoms with E-state index in [0.717, 1.165) is 0 Å². The molecule has 2 aromatic carbocycles. The van der Waals surface area contributed by atoms with E-state index >= 15 is 0 Å². The molecule has 30 heavy (non-hydrogen) atoms. The van der Waals surface area contributed by atoms with Crippen LogP contribution in [0.1, 0.15) is 20.8 Å². The topological polar surface area (TPSA) is 134 Å². The molecule has 154 valence electrons. The molecule has 1 aliphatic heterocycles. The number of anilines is 6. The van der Waals surface area contributed by atoms with Crippen LogP contribution in [0.25, 0.3) is 0 Å². The SMILES string of the molecule is CC(C)(C)Nc1c(Nc2ccnc(Nc3ccc4c(c3)OCC(=O)N4)n2)c(=O)c1=O. The van der Waals surface area contributed by atoms with Crippen molar-refractivity contribution in [3.8, 4) is 5.75 Å². The van der Waals surface area contributed by atoms with Crippen molar-refractivity contribution in [2.75, 3.05) is 27.9 Å². The fraction of sp³-hybridized carbons (Fsp3) is 0.250. The molecule has 0 bridgehead atoms. The lowest BCUT2D eigenvalue weighted by Crippen LogP contribution is -2.41. The third-order valence-corrected chi connectivity index (χ3v) is 4.19. The van der Waals surface area contributed by atoms with Crippen LogP contribution < -0.4 is 36.9 Å². The number of carbonyl (C=O) groups is 1. The van der Waals surface area contributed by atoms with Gasteiger partial charge in [-0.1, -0.05) is 0 Å². The van der Waals surface area contributed by atoms with Gasteiger partial charge in [0, 0.05) is 23.5 Å². The Labute approximate surface area is 171 Å². The first-order valence-corrected chi connectivity index (χ1v) is 9.25. The first-order valence-electron chi connectivity index (χ1n) is 9.25. The van der Waals surface area contributed by atoms with Crippen molar-refractivity contribution in [2.45, 2.75) is 26.3 Å². The summed E-state index contributed by atoms with van der Waals surface area (Å²) in [5, 5.41) is 11.7. The highest BCUT2D eigenvalue weighted by Gasteiger charge is 2.25. The van der Waals surface area contributed by atoms with E-state index in [-0.39, 0.29) is 35.4 Å². The molecule has 10 nitrogen and oxygen atoms in total. The van der Waals surface area contributed by atoms with Gasteiger partial charge in [0.05, 0.1) is 5.69 Å². The molecule has 0 saturated heterocycles. The highest BCUT2D eigenvalue weighted by Crippen LogP contribution is 2.31. The quantitative estimate of drug-likeness (QED) is 0.468. The Bertz CT molecular complexity index is 1210. The third-order valence-electron chi connectivity index (χ3n) is 4.19. The average Bonchev–Trinajstić information content (AvgIpc) is 2.70. The van der Waals surface area contributed by atoms with Gasteiger partial charge in [-0.15, -0.1) is 0 Å². The number of nitrogens with zero attached hydrogens (tertiary/aromatic N) is 2. The van der Waals surface area contributed by atoms with Gasteiger partial charge in [0.25, 0.3) is 16.8 Å². The van der Waals surface area contributed by atoms with Crippen molar-refractivity contribution in [1.82, 2.24) is 9.97 Å². The molecule has 0 atom stereocenters. The van der Waals surface area contributed by atoms with Crippen molar-refractivity contribution in [2.24, 2.45) is 0 Å². The summed E-state index contributed by atoms with van der Waals surface area (Å²) in [6.45, 7) is 5.65. The fourth-order valence-corrected chi connectivity index (χ4v) is 2.90. The Morgan fingerprint density at radius 3 is 2.57 bits per heavy atom. The minimum Gasteiger partial charge on any atom is -0.482 e. The Hall–Kier alpha value is -3.95. The standard InChI is InChI=1S/C20H20N6O4/c1-20(2,3)26-16-15(17(28)18(16)29)24-13-6-7-21-19(25-13)22-10-4-5-11-12(8-10)30-9-14(27)23-11/h4-8,26H,9H2,1-3H3,(H,23,27)(H2,21,22,24,25). The number of benzene rings is 1. The van der Waals surface area contributed by atoms with Gasteiger partial charge in [-0.3, -0.25) is 14.4 Å². The molecule has 0 unspecified atom stereocenters. The first kappa shape index (κ1) is 19.4. The molecule has 0 fully saturated rings. The lowest BCUT2D eigenvalue weighted by molar-refractivity contribution is -0.118. The Morgan fingerprint density at radius 1 is 1.03 bits per heavy atom. The van der Waals surface area contributed by atoms with E-state index in [1.165, 1.54) is 6.20 Å². The second-order valence-corrected chi connectivity index (χ2v) is 7.85. The van der Waals surface area contributed by atoms with Crippen LogP contribution in [0, 0.1) is 0 Å². The van der Waals surface area contributed by atoms with Gasteiger partial charge in [-0.05, 0) is 39.0 Å². The maximum Gasteiger partial charge on any atom is 0.262 e. The number of aromatic nitrogens is 2. The second-order valence-electron chi connectivity index (χ2n) is 7.85. The smallest absolute Gasteiger partial charge is 0.262 e. The van der Waals surface area contributed by atoms with E-state index in [1.54, 1.807) is 24.3 Å². The maximum absolute atomic E-state index is 12.0. The van der Waals surface area contributed by atoms with Crippen LogP contribution in [0.3, 0.4) is 0 Å². The number of carbonyl (C=O) groups excluding carboxylic acids is 1. The van der Waals surface area contributed by atoms with Crippen LogP contribution in [-0.2, 0) is 4.79 Å². The predicted octanol–water partition coefficient (Wildman–Crippen LogP) is 2.10. The Kier molecular flexibility index (Phi) is 4.61. The molecule has 0 spiro atoms. The lowest BCUT2D eigenvalue weighted by atomic mass is 10.1. The van der Waals surface area contributed by atoms with Crippen molar-refractivity contribution >= 4 is 40.4 Å². The van der Waals surface area contributed by atoms with E-state index in [1.807, 2.05) is 20.8 Å². The lowest BCUT2D eigenvalue weighted by Gasteiger charge is -2.24. The summed E-state index contributed by atoms with van der Waals surface area (Å²) in [4.78, 5) is 43.7.